The van der Waals surface area contributed by atoms with Crippen LogP contribution in [0.2, 0.25) is 5.02 Å². The number of carboxylic acid groups (broad SMARTS) is 1. The molecule has 98 valence electrons. The van der Waals surface area contributed by atoms with E-state index in [-0.39, 0.29) is 0 Å². The van der Waals surface area contributed by atoms with E-state index in [0.717, 1.165) is 31.5 Å². The highest BCUT2D eigenvalue weighted by Gasteiger charge is 2.27. The minimum Gasteiger partial charge on any atom is -0.480 e. The number of carbonyl (C=O) groups is 1. The summed E-state index contributed by atoms with van der Waals surface area (Å²) < 4.78 is 0. The van der Waals surface area contributed by atoms with Crippen molar-refractivity contribution in [2.75, 3.05) is 13.1 Å². The Balaban J connectivity index is 2.21. The van der Waals surface area contributed by atoms with Gasteiger partial charge in [0.2, 0.25) is 0 Å². The van der Waals surface area contributed by atoms with Gasteiger partial charge < -0.3 is 5.11 Å². The lowest BCUT2D eigenvalue weighted by Gasteiger charge is -2.27. The number of nitrogens with zero attached hydrogens (tertiary/aromatic N) is 1. The summed E-state index contributed by atoms with van der Waals surface area (Å²) in [5, 5.41) is 10.1. The molecule has 1 aliphatic rings. The van der Waals surface area contributed by atoms with Crippen LogP contribution in [0.5, 0.6) is 0 Å². The van der Waals surface area contributed by atoms with Crippen LogP contribution in [0.25, 0.3) is 0 Å². The second-order valence-electron chi connectivity index (χ2n) is 4.74. The molecular formula is C14H18ClNO2. The first-order chi connectivity index (χ1) is 8.68. The van der Waals surface area contributed by atoms with Crippen LogP contribution in [0.1, 0.15) is 37.3 Å². The van der Waals surface area contributed by atoms with Crippen LogP contribution in [0.4, 0.5) is 0 Å². The van der Waals surface area contributed by atoms with Crippen LogP contribution in [0.3, 0.4) is 0 Å². The van der Waals surface area contributed by atoms with Gasteiger partial charge in [0.1, 0.15) is 6.04 Å². The number of hydrogen-bond acceptors (Lipinski definition) is 2. The monoisotopic (exact) mass is 267 g/mol. The minimum atomic E-state index is -0.778. The quantitative estimate of drug-likeness (QED) is 0.913. The van der Waals surface area contributed by atoms with Gasteiger partial charge in [0.05, 0.1) is 0 Å². The summed E-state index contributed by atoms with van der Waals surface area (Å²) in [4.78, 5) is 13.6. The highest BCUT2D eigenvalue weighted by molar-refractivity contribution is 6.30. The van der Waals surface area contributed by atoms with Crippen molar-refractivity contribution in [1.82, 2.24) is 4.90 Å². The zero-order chi connectivity index (χ0) is 13.0. The molecule has 1 aromatic rings. The van der Waals surface area contributed by atoms with Gasteiger partial charge in [-0.05, 0) is 43.6 Å². The maximum atomic E-state index is 11.5. The molecule has 0 amide bonds. The van der Waals surface area contributed by atoms with E-state index in [1.165, 1.54) is 12.8 Å². The lowest BCUT2D eigenvalue weighted by Crippen LogP contribution is -2.34. The van der Waals surface area contributed by atoms with Crippen molar-refractivity contribution in [2.45, 2.75) is 31.7 Å². The molecule has 4 heteroatoms. The van der Waals surface area contributed by atoms with Crippen LogP contribution in [0, 0.1) is 0 Å². The Labute approximate surface area is 112 Å². The molecule has 1 heterocycles. The molecule has 0 saturated carbocycles. The highest BCUT2D eigenvalue weighted by Crippen LogP contribution is 2.25. The van der Waals surface area contributed by atoms with Gasteiger partial charge in [-0.25, -0.2) is 0 Å². The Morgan fingerprint density at radius 3 is 2.17 bits per heavy atom. The Bertz CT molecular complexity index is 397. The number of aliphatic carboxylic acids is 1. The lowest BCUT2D eigenvalue weighted by atomic mass is 10.1. The summed E-state index contributed by atoms with van der Waals surface area (Å²) in [7, 11) is 0. The molecule has 0 spiro atoms. The molecule has 0 aliphatic carbocycles. The Morgan fingerprint density at radius 1 is 1.11 bits per heavy atom. The summed E-state index contributed by atoms with van der Waals surface area (Å²) in [6.07, 6.45) is 4.56. The second kappa shape index (κ2) is 6.21. The zero-order valence-electron chi connectivity index (χ0n) is 10.3. The van der Waals surface area contributed by atoms with Crippen molar-refractivity contribution < 1.29 is 9.90 Å². The number of rotatable bonds is 3. The van der Waals surface area contributed by atoms with Crippen molar-refractivity contribution in [1.29, 1.82) is 0 Å². The van der Waals surface area contributed by atoms with Gasteiger partial charge in [-0.1, -0.05) is 36.6 Å². The van der Waals surface area contributed by atoms with E-state index in [1.807, 2.05) is 12.1 Å². The summed E-state index contributed by atoms with van der Waals surface area (Å²) in [6, 6.07) is 6.59. The van der Waals surface area contributed by atoms with Crippen molar-refractivity contribution in [3.05, 3.63) is 34.9 Å². The fourth-order valence-electron chi connectivity index (χ4n) is 2.51. The SMILES string of the molecule is O=C(O)[C@@H](c1ccc(Cl)cc1)N1CCCCCC1. The second-order valence-corrected chi connectivity index (χ2v) is 5.18. The molecule has 0 radical (unpaired) electrons. The number of benzene rings is 1. The molecule has 3 nitrogen and oxygen atoms in total. The first kappa shape index (κ1) is 13.4. The molecule has 1 aliphatic heterocycles. The van der Waals surface area contributed by atoms with Gasteiger partial charge in [0.15, 0.2) is 0 Å². The van der Waals surface area contributed by atoms with Gasteiger partial charge >= 0.3 is 5.97 Å². The molecule has 2 rings (SSSR count). The molecule has 0 aromatic heterocycles. The van der Waals surface area contributed by atoms with E-state index in [9.17, 15) is 9.90 Å². The summed E-state index contributed by atoms with van der Waals surface area (Å²) in [5.41, 5.74) is 0.814. The maximum absolute atomic E-state index is 11.5. The normalized spacial score (nSPS) is 19.2. The summed E-state index contributed by atoms with van der Waals surface area (Å²) in [5.74, 6) is -0.778. The summed E-state index contributed by atoms with van der Waals surface area (Å²) in [6.45, 7) is 1.72. The van der Waals surface area contributed by atoms with Gasteiger partial charge in [0.25, 0.3) is 0 Å². The van der Waals surface area contributed by atoms with E-state index >= 15 is 0 Å². The standard InChI is InChI=1S/C14H18ClNO2/c15-12-7-5-11(6-8-12)13(14(17)18)16-9-3-1-2-4-10-16/h5-8,13H,1-4,9-10H2,(H,17,18)/t13-/m1/s1. The van der Waals surface area contributed by atoms with Crippen LogP contribution in [-0.2, 0) is 4.79 Å². The summed E-state index contributed by atoms with van der Waals surface area (Å²) >= 11 is 5.85. The minimum absolute atomic E-state index is 0.541. The third kappa shape index (κ3) is 3.24. The maximum Gasteiger partial charge on any atom is 0.325 e. The van der Waals surface area contributed by atoms with Crippen molar-refractivity contribution in [3.63, 3.8) is 0 Å². The molecule has 18 heavy (non-hydrogen) atoms. The number of halogens is 1. The first-order valence-corrected chi connectivity index (χ1v) is 6.78. The fourth-order valence-corrected chi connectivity index (χ4v) is 2.63. The van der Waals surface area contributed by atoms with Gasteiger partial charge in [-0.15, -0.1) is 0 Å². The topological polar surface area (TPSA) is 40.5 Å². The molecule has 0 unspecified atom stereocenters. The van der Waals surface area contributed by atoms with E-state index in [0.29, 0.717) is 5.02 Å². The smallest absolute Gasteiger partial charge is 0.325 e. The zero-order valence-corrected chi connectivity index (χ0v) is 11.1. The number of hydrogen-bond donors (Lipinski definition) is 1. The fraction of sp³-hybridized carbons (Fsp3) is 0.500. The highest BCUT2D eigenvalue weighted by atomic mass is 35.5. The number of carboxylic acids is 1. The molecule has 0 bridgehead atoms. The lowest BCUT2D eigenvalue weighted by molar-refractivity contribution is -0.143. The molecule has 1 N–H and O–H groups in total. The molecule has 1 aromatic carbocycles. The third-order valence-corrected chi connectivity index (χ3v) is 3.68. The largest absolute Gasteiger partial charge is 0.480 e. The van der Waals surface area contributed by atoms with Gasteiger partial charge in [-0.3, -0.25) is 9.69 Å². The van der Waals surface area contributed by atoms with Crippen LogP contribution >= 0.6 is 11.6 Å². The number of likely N-dealkylation sites (tertiary alicyclic amines) is 1. The molecule has 1 fully saturated rings. The van der Waals surface area contributed by atoms with Crippen molar-refractivity contribution in [3.8, 4) is 0 Å². The van der Waals surface area contributed by atoms with E-state index in [1.54, 1.807) is 12.1 Å². The van der Waals surface area contributed by atoms with E-state index in [2.05, 4.69) is 4.90 Å². The van der Waals surface area contributed by atoms with Gasteiger partial charge in [0, 0.05) is 5.02 Å². The Kier molecular flexibility index (Phi) is 4.61. The van der Waals surface area contributed by atoms with E-state index in [4.69, 9.17) is 11.6 Å². The Hall–Kier alpha value is -1.06. The van der Waals surface area contributed by atoms with Crippen molar-refractivity contribution in [2.24, 2.45) is 0 Å². The van der Waals surface area contributed by atoms with Gasteiger partial charge in [-0.2, -0.15) is 0 Å². The van der Waals surface area contributed by atoms with Crippen molar-refractivity contribution >= 4 is 17.6 Å². The molecule has 1 atom stereocenters. The van der Waals surface area contributed by atoms with E-state index < -0.39 is 12.0 Å². The predicted octanol–water partition coefficient (Wildman–Crippen LogP) is 3.34. The molecular weight excluding hydrogens is 250 g/mol. The van der Waals surface area contributed by atoms with Crippen LogP contribution in [0.15, 0.2) is 24.3 Å². The third-order valence-electron chi connectivity index (χ3n) is 3.43. The predicted molar refractivity (Wildman–Crippen MR) is 71.9 cm³/mol. The average molecular weight is 268 g/mol. The van der Waals surface area contributed by atoms with Crippen LogP contribution in [-0.4, -0.2) is 29.1 Å². The first-order valence-electron chi connectivity index (χ1n) is 6.41. The average Bonchev–Trinajstić information content (AvgIpc) is 2.60. The Morgan fingerprint density at radius 2 is 1.67 bits per heavy atom. The molecule has 1 saturated heterocycles. The van der Waals surface area contributed by atoms with Crippen LogP contribution < -0.4 is 0 Å².